The third kappa shape index (κ3) is 5.82. The molecule has 0 N–H and O–H groups in total. The van der Waals surface area contributed by atoms with E-state index in [0.717, 1.165) is 0 Å². The van der Waals surface area contributed by atoms with Crippen molar-refractivity contribution in [3.63, 3.8) is 0 Å². The second-order valence-electron chi connectivity index (χ2n) is 8.21. The van der Waals surface area contributed by atoms with Gasteiger partial charge in [-0.2, -0.15) is 0 Å². The zero-order valence-electron chi connectivity index (χ0n) is 17.0. The summed E-state index contributed by atoms with van der Waals surface area (Å²) in [5, 5.41) is 0. The van der Waals surface area contributed by atoms with E-state index in [1.54, 1.807) is 0 Å². The van der Waals surface area contributed by atoms with Crippen LogP contribution in [0.25, 0.3) is 0 Å². The summed E-state index contributed by atoms with van der Waals surface area (Å²) in [5.74, 6) is 0. The van der Waals surface area contributed by atoms with E-state index in [0.29, 0.717) is 10.8 Å². The minimum absolute atomic E-state index is 0.327. The van der Waals surface area contributed by atoms with Gasteiger partial charge in [0.25, 0.3) is 0 Å². The van der Waals surface area contributed by atoms with Crippen LogP contribution in [0.4, 0.5) is 0 Å². The fourth-order valence-corrected chi connectivity index (χ4v) is 2.42. The van der Waals surface area contributed by atoms with E-state index in [1.807, 2.05) is 0 Å². The van der Waals surface area contributed by atoms with Gasteiger partial charge in [0.15, 0.2) is 0 Å². The fraction of sp³-hybridized carbons (Fsp3) is 0.500. The van der Waals surface area contributed by atoms with Crippen molar-refractivity contribution in [3.05, 3.63) is 70.8 Å². The zero-order valence-corrected chi connectivity index (χ0v) is 17.0. The molecule has 0 saturated heterocycles. The highest BCUT2D eigenvalue weighted by molar-refractivity contribution is 5.28. The Balaban J connectivity index is 0.000000240. The Morgan fingerprint density at radius 3 is 1.00 bits per heavy atom. The molecule has 0 aliphatic heterocycles. The number of rotatable bonds is 4. The lowest BCUT2D eigenvalue weighted by molar-refractivity contribution is 0.506. The van der Waals surface area contributed by atoms with Crippen LogP contribution in [0.15, 0.2) is 48.5 Å². The summed E-state index contributed by atoms with van der Waals surface area (Å²) in [5.41, 5.74) is 6.21. The lowest BCUT2D eigenvalue weighted by atomic mass is 9.82. The van der Waals surface area contributed by atoms with Gasteiger partial charge in [-0.05, 0) is 48.6 Å². The van der Waals surface area contributed by atoms with E-state index in [9.17, 15) is 0 Å². The van der Waals surface area contributed by atoms with Gasteiger partial charge < -0.3 is 0 Å². The molecule has 132 valence electrons. The van der Waals surface area contributed by atoms with Crippen molar-refractivity contribution in [2.75, 3.05) is 0 Å². The lowest BCUT2D eigenvalue weighted by Gasteiger charge is -2.23. The molecule has 0 bridgehead atoms. The van der Waals surface area contributed by atoms with Crippen LogP contribution in [0.2, 0.25) is 0 Å². The fourth-order valence-electron chi connectivity index (χ4n) is 2.42. The number of benzene rings is 2. The van der Waals surface area contributed by atoms with Gasteiger partial charge in [-0.15, -0.1) is 0 Å². The maximum atomic E-state index is 2.29. The molecule has 2 rings (SSSR count). The Kier molecular flexibility index (Phi) is 7.27. The molecule has 0 nitrogen and oxygen atoms in total. The van der Waals surface area contributed by atoms with Crippen LogP contribution in [-0.2, 0) is 10.8 Å². The molecule has 0 radical (unpaired) electrons. The summed E-state index contributed by atoms with van der Waals surface area (Å²) in [6.45, 7) is 17.9. The van der Waals surface area contributed by atoms with Crippen molar-refractivity contribution in [2.24, 2.45) is 0 Å². The topological polar surface area (TPSA) is 0 Å². The average molecular weight is 325 g/mol. The number of hydrogen-bond acceptors (Lipinski definition) is 0. The van der Waals surface area contributed by atoms with Crippen LogP contribution in [0.3, 0.4) is 0 Å². The van der Waals surface area contributed by atoms with Crippen LogP contribution in [0, 0.1) is 13.8 Å². The molecule has 2 aromatic rings. The van der Waals surface area contributed by atoms with E-state index in [1.165, 1.54) is 35.1 Å². The molecule has 0 aromatic heterocycles. The highest BCUT2D eigenvalue weighted by Gasteiger charge is 2.17. The summed E-state index contributed by atoms with van der Waals surface area (Å²) in [7, 11) is 0. The van der Waals surface area contributed by atoms with Gasteiger partial charge in [0.05, 0.1) is 0 Å². The van der Waals surface area contributed by atoms with Crippen molar-refractivity contribution in [3.8, 4) is 0 Å². The third-order valence-electron chi connectivity index (χ3n) is 5.43. The van der Waals surface area contributed by atoms with E-state index in [-0.39, 0.29) is 0 Å². The van der Waals surface area contributed by atoms with Crippen molar-refractivity contribution in [1.29, 1.82) is 0 Å². The maximum Gasteiger partial charge on any atom is -0.0106 e. The number of aryl methyl sites for hydroxylation is 2. The molecule has 0 heterocycles. The minimum Gasteiger partial charge on any atom is -0.0646 e. The number of hydrogen-bond donors (Lipinski definition) is 0. The zero-order chi connectivity index (χ0) is 18.4. The van der Waals surface area contributed by atoms with Gasteiger partial charge in [0.1, 0.15) is 0 Å². The molecule has 0 saturated carbocycles. The van der Waals surface area contributed by atoms with E-state index in [4.69, 9.17) is 0 Å². The molecular formula is C24H36. The Morgan fingerprint density at radius 2 is 0.792 bits per heavy atom. The van der Waals surface area contributed by atoms with Crippen molar-refractivity contribution >= 4 is 0 Å². The van der Waals surface area contributed by atoms with Gasteiger partial charge in [-0.1, -0.05) is 101 Å². The largest absolute Gasteiger partial charge is 0.0646 e. The quantitative estimate of drug-likeness (QED) is 0.551. The van der Waals surface area contributed by atoms with E-state index in [2.05, 4.69) is 104 Å². The molecule has 24 heavy (non-hydrogen) atoms. The van der Waals surface area contributed by atoms with Crippen LogP contribution in [0.5, 0.6) is 0 Å². The molecule has 0 aliphatic rings. The summed E-state index contributed by atoms with van der Waals surface area (Å²) >= 11 is 0. The van der Waals surface area contributed by atoms with Crippen LogP contribution < -0.4 is 0 Å². The van der Waals surface area contributed by atoms with Crippen LogP contribution >= 0.6 is 0 Å². The molecule has 0 fully saturated rings. The summed E-state index contributed by atoms with van der Waals surface area (Å²) in [6.07, 6.45) is 2.38. The first-order chi connectivity index (χ1) is 11.1. The Morgan fingerprint density at radius 1 is 0.542 bits per heavy atom. The van der Waals surface area contributed by atoms with Crippen LogP contribution in [-0.4, -0.2) is 0 Å². The molecule has 0 amide bonds. The van der Waals surface area contributed by atoms with Crippen molar-refractivity contribution in [2.45, 2.75) is 79.1 Å². The Bertz CT molecular complexity index is 540. The molecule has 2 aromatic carbocycles. The predicted molar refractivity (Wildman–Crippen MR) is 109 cm³/mol. The highest BCUT2D eigenvalue weighted by Crippen LogP contribution is 2.27. The molecule has 0 unspecified atom stereocenters. The predicted octanol–water partition coefficient (Wildman–Crippen LogP) is 7.37. The van der Waals surface area contributed by atoms with Gasteiger partial charge in [-0.3, -0.25) is 0 Å². The van der Waals surface area contributed by atoms with E-state index < -0.39 is 0 Å². The van der Waals surface area contributed by atoms with Gasteiger partial charge in [-0.25, -0.2) is 0 Å². The van der Waals surface area contributed by atoms with Crippen molar-refractivity contribution in [1.82, 2.24) is 0 Å². The monoisotopic (exact) mass is 324 g/mol. The first-order valence-corrected chi connectivity index (χ1v) is 9.26. The summed E-state index contributed by atoms with van der Waals surface area (Å²) in [4.78, 5) is 0. The highest BCUT2D eigenvalue weighted by atomic mass is 14.2. The molecule has 0 spiro atoms. The molecule has 0 atom stereocenters. The Hall–Kier alpha value is -1.56. The van der Waals surface area contributed by atoms with Crippen LogP contribution in [0.1, 0.15) is 76.6 Å². The van der Waals surface area contributed by atoms with E-state index >= 15 is 0 Å². The first-order valence-electron chi connectivity index (χ1n) is 9.26. The normalized spacial score (nSPS) is 11.7. The lowest BCUT2D eigenvalue weighted by Crippen LogP contribution is -2.14. The summed E-state index contributed by atoms with van der Waals surface area (Å²) < 4.78 is 0. The van der Waals surface area contributed by atoms with Gasteiger partial charge in [0, 0.05) is 0 Å². The molecular weight excluding hydrogens is 288 g/mol. The SMILES string of the molecule is CCC(C)(C)c1ccc(C)cc1.CCC(C)(C)c1ccc(C)cc1. The smallest absolute Gasteiger partial charge is 0.0106 e. The molecule has 0 aliphatic carbocycles. The minimum atomic E-state index is 0.327. The van der Waals surface area contributed by atoms with Gasteiger partial charge >= 0.3 is 0 Å². The summed E-state index contributed by atoms with van der Waals surface area (Å²) in [6, 6.07) is 17.7. The molecule has 0 heteroatoms. The van der Waals surface area contributed by atoms with Gasteiger partial charge in [0.2, 0.25) is 0 Å². The second kappa shape index (κ2) is 8.51. The van der Waals surface area contributed by atoms with Crippen molar-refractivity contribution < 1.29 is 0 Å². The second-order valence-corrected chi connectivity index (χ2v) is 8.21. The third-order valence-corrected chi connectivity index (χ3v) is 5.43. The standard InChI is InChI=1S/2C12H18/c2*1-5-12(3,4)11-8-6-10(2)7-9-11/h2*6-9H,5H2,1-4H3. The average Bonchev–Trinajstić information content (AvgIpc) is 2.56. The maximum absolute atomic E-state index is 2.29. The Labute approximate surface area is 150 Å². The first kappa shape index (κ1) is 20.5.